The van der Waals surface area contributed by atoms with E-state index in [0.717, 1.165) is 10.4 Å². The molecule has 2 rings (SSSR count). The molecule has 0 bridgehead atoms. The van der Waals surface area contributed by atoms with Crippen LogP contribution >= 0.6 is 23.1 Å². The number of hydrogen-bond acceptors (Lipinski definition) is 4. The lowest BCUT2D eigenvalue weighted by atomic mass is 10.3. The lowest BCUT2D eigenvalue weighted by molar-refractivity contribution is 0.265. The van der Waals surface area contributed by atoms with Crippen LogP contribution in [0.5, 0.6) is 0 Å². The van der Waals surface area contributed by atoms with Crippen molar-refractivity contribution in [1.29, 1.82) is 0 Å². The number of rotatable bonds is 0. The molecule has 0 amide bonds. The summed E-state index contributed by atoms with van der Waals surface area (Å²) in [6.45, 7) is 0. The molecule has 0 saturated heterocycles. The first-order chi connectivity index (χ1) is 4.79. The van der Waals surface area contributed by atoms with Crippen molar-refractivity contribution >= 4 is 23.1 Å². The molecule has 0 spiro atoms. The Morgan fingerprint density at radius 3 is 2.80 bits per heavy atom. The van der Waals surface area contributed by atoms with Crippen molar-refractivity contribution in [2.45, 2.75) is 10.9 Å². The molecular weight excluding hydrogens is 168 g/mol. The molecule has 1 aliphatic rings. The summed E-state index contributed by atoms with van der Waals surface area (Å²) in [6, 6.07) is 1.86. The lowest BCUT2D eigenvalue weighted by Gasteiger charge is -1.98. The third kappa shape index (κ3) is 0.802. The summed E-state index contributed by atoms with van der Waals surface area (Å²) in [5.41, 5.74) is -0.149. The maximum absolute atomic E-state index is 9.25. The normalized spacial score (nSPS) is 30.6. The fourth-order valence-corrected chi connectivity index (χ4v) is 3.05. The van der Waals surface area contributed by atoms with Crippen molar-refractivity contribution in [1.82, 2.24) is 0 Å². The van der Waals surface area contributed by atoms with Crippen LogP contribution in [0, 0.1) is 0 Å². The molecule has 0 radical (unpaired) electrons. The Balaban J connectivity index is 2.48. The summed E-state index contributed by atoms with van der Waals surface area (Å²) in [6.07, 6.45) is 0. The fraction of sp³-hybridized carbons (Fsp3) is 0.333. The van der Waals surface area contributed by atoms with Crippen LogP contribution in [0.1, 0.15) is 21.3 Å². The van der Waals surface area contributed by atoms with Gasteiger partial charge in [-0.05, 0) is 11.4 Å². The molecule has 2 atom stereocenters. The van der Waals surface area contributed by atoms with E-state index in [0.29, 0.717) is 0 Å². The quantitative estimate of drug-likeness (QED) is 0.626. The number of fused-ring (bicyclic) bond motifs is 1. The molecule has 54 valence electrons. The fourth-order valence-electron chi connectivity index (χ4n) is 0.993. The molecule has 4 heteroatoms. The van der Waals surface area contributed by atoms with Crippen LogP contribution in [-0.4, -0.2) is 10.2 Å². The van der Waals surface area contributed by atoms with E-state index in [2.05, 4.69) is 0 Å². The van der Waals surface area contributed by atoms with Gasteiger partial charge in [0.2, 0.25) is 0 Å². The topological polar surface area (TPSA) is 40.5 Å². The standard InChI is InChI=1S/C6H6O2S2/c7-5-3-1-2-9-4(3)6(8)10-5/h1-2,5-8H. The van der Waals surface area contributed by atoms with E-state index in [1.54, 1.807) is 0 Å². The van der Waals surface area contributed by atoms with Crippen LogP contribution in [0.2, 0.25) is 0 Å². The SMILES string of the molecule is OC1SC(O)c2sccc21. The van der Waals surface area contributed by atoms with Crippen LogP contribution in [0.3, 0.4) is 0 Å². The zero-order chi connectivity index (χ0) is 7.14. The number of aliphatic hydroxyl groups excluding tert-OH is 2. The van der Waals surface area contributed by atoms with Crippen molar-refractivity contribution < 1.29 is 10.2 Å². The van der Waals surface area contributed by atoms with E-state index in [-0.39, 0.29) is 0 Å². The molecule has 2 N–H and O–H groups in total. The van der Waals surface area contributed by atoms with Gasteiger partial charge >= 0.3 is 0 Å². The van der Waals surface area contributed by atoms with Crippen molar-refractivity contribution in [3.05, 3.63) is 21.9 Å². The van der Waals surface area contributed by atoms with Crippen LogP contribution < -0.4 is 0 Å². The third-order valence-corrected chi connectivity index (χ3v) is 3.61. The first kappa shape index (κ1) is 6.67. The second-order valence-corrected chi connectivity index (χ2v) is 4.19. The molecule has 0 fully saturated rings. The average molecular weight is 174 g/mol. The minimum Gasteiger partial charge on any atom is -0.378 e. The van der Waals surface area contributed by atoms with E-state index in [9.17, 15) is 10.2 Å². The van der Waals surface area contributed by atoms with E-state index in [1.165, 1.54) is 23.1 Å². The average Bonchev–Trinajstić information content (AvgIpc) is 2.39. The van der Waals surface area contributed by atoms with Gasteiger partial charge in [-0.15, -0.1) is 11.3 Å². The maximum Gasteiger partial charge on any atom is 0.137 e. The van der Waals surface area contributed by atoms with Crippen LogP contribution in [0.15, 0.2) is 11.4 Å². The highest BCUT2D eigenvalue weighted by Crippen LogP contribution is 2.49. The van der Waals surface area contributed by atoms with Crippen LogP contribution in [0.4, 0.5) is 0 Å². The highest BCUT2D eigenvalue weighted by molar-refractivity contribution is 7.99. The molecule has 10 heavy (non-hydrogen) atoms. The molecule has 1 aliphatic heterocycles. The summed E-state index contributed by atoms with van der Waals surface area (Å²) >= 11 is 2.67. The van der Waals surface area contributed by atoms with Gasteiger partial charge in [0.05, 0.1) is 4.88 Å². The Morgan fingerprint density at radius 1 is 1.30 bits per heavy atom. The summed E-state index contributed by atoms with van der Waals surface area (Å²) < 4.78 is 0. The summed E-state index contributed by atoms with van der Waals surface area (Å²) in [7, 11) is 0. The van der Waals surface area contributed by atoms with Gasteiger partial charge in [0.25, 0.3) is 0 Å². The van der Waals surface area contributed by atoms with Crippen molar-refractivity contribution in [2.75, 3.05) is 0 Å². The number of aliphatic hydroxyl groups is 2. The largest absolute Gasteiger partial charge is 0.378 e. The van der Waals surface area contributed by atoms with Gasteiger partial charge in [-0.25, -0.2) is 0 Å². The van der Waals surface area contributed by atoms with Crippen molar-refractivity contribution in [2.24, 2.45) is 0 Å². The molecule has 2 nitrogen and oxygen atoms in total. The van der Waals surface area contributed by atoms with Gasteiger partial charge < -0.3 is 10.2 Å². The van der Waals surface area contributed by atoms with E-state index in [1.807, 2.05) is 11.4 Å². The third-order valence-electron chi connectivity index (χ3n) is 1.48. The number of thioether (sulfide) groups is 1. The monoisotopic (exact) mass is 174 g/mol. The number of hydrogen-bond donors (Lipinski definition) is 2. The Morgan fingerprint density at radius 2 is 2.10 bits per heavy atom. The van der Waals surface area contributed by atoms with E-state index < -0.39 is 10.9 Å². The van der Waals surface area contributed by atoms with Gasteiger partial charge in [0.1, 0.15) is 10.9 Å². The molecule has 1 aromatic rings. The molecular formula is C6H6O2S2. The molecule has 1 aromatic heterocycles. The van der Waals surface area contributed by atoms with Crippen molar-refractivity contribution in [3.8, 4) is 0 Å². The van der Waals surface area contributed by atoms with Gasteiger partial charge in [0, 0.05) is 5.56 Å². The minimum absolute atomic E-state index is 0.509. The van der Waals surface area contributed by atoms with Gasteiger partial charge in [-0.2, -0.15) is 0 Å². The molecule has 0 aromatic carbocycles. The first-order valence-corrected chi connectivity index (χ1v) is 4.70. The Hall–Kier alpha value is -0.0300. The summed E-state index contributed by atoms with van der Waals surface area (Å²) in [5.74, 6) is 0. The first-order valence-electron chi connectivity index (χ1n) is 2.88. The molecule has 0 aliphatic carbocycles. The van der Waals surface area contributed by atoms with Gasteiger partial charge in [-0.3, -0.25) is 0 Å². The minimum atomic E-state index is -0.517. The molecule has 0 saturated carbocycles. The predicted octanol–water partition coefficient (Wildman–Crippen LogP) is 1.48. The zero-order valence-electron chi connectivity index (χ0n) is 5.02. The Kier molecular flexibility index (Phi) is 1.49. The lowest BCUT2D eigenvalue weighted by Crippen LogP contribution is -1.80. The summed E-state index contributed by atoms with van der Waals surface area (Å²) in [4.78, 5) is 0.900. The second-order valence-electron chi connectivity index (χ2n) is 2.08. The number of thiophene rings is 1. The van der Waals surface area contributed by atoms with E-state index >= 15 is 0 Å². The smallest absolute Gasteiger partial charge is 0.137 e. The maximum atomic E-state index is 9.25. The summed E-state index contributed by atoms with van der Waals surface area (Å²) in [5, 5.41) is 20.4. The Labute approximate surface area is 66.5 Å². The molecule has 2 heterocycles. The van der Waals surface area contributed by atoms with E-state index in [4.69, 9.17) is 0 Å². The van der Waals surface area contributed by atoms with Crippen LogP contribution in [0.25, 0.3) is 0 Å². The molecule has 2 unspecified atom stereocenters. The second kappa shape index (κ2) is 2.23. The predicted molar refractivity (Wildman–Crippen MR) is 41.8 cm³/mol. The highest BCUT2D eigenvalue weighted by atomic mass is 32.2. The Bertz CT molecular complexity index is 223. The zero-order valence-corrected chi connectivity index (χ0v) is 6.65. The van der Waals surface area contributed by atoms with Gasteiger partial charge in [-0.1, -0.05) is 11.8 Å². The van der Waals surface area contributed by atoms with Crippen LogP contribution in [-0.2, 0) is 0 Å². The van der Waals surface area contributed by atoms with Gasteiger partial charge in [0.15, 0.2) is 0 Å². The van der Waals surface area contributed by atoms with Crippen molar-refractivity contribution in [3.63, 3.8) is 0 Å². The highest BCUT2D eigenvalue weighted by Gasteiger charge is 2.29.